The first-order valence-electron chi connectivity index (χ1n) is 5.98. The van der Waals surface area contributed by atoms with Crippen molar-refractivity contribution in [1.82, 2.24) is 9.78 Å². The Morgan fingerprint density at radius 1 is 1.31 bits per heavy atom. The summed E-state index contributed by atoms with van der Waals surface area (Å²) in [6.07, 6.45) is 5.23. The van der Waals surface area contributed by atoms with E-state index in [0.717, 1.165) is 11.2 Å². The molecule has 0 radical (unpaired) electrons. The van der Waals surface area contributed by atoms with E-state index < -0.39 is 0 Å². The number of rotatable bonds is 1. The molecule has 0 bridgehead atoms. The summed E-state index contributed by atoms with van der Waals surface area (Å²) >= 11 is 0. The van der Waals surface area contributed by atoms with Crippen molar-refractivity contribution in [1.29, 1.82) is 0 Å². The van der Waals surface area contributed by atoms with Crippen LogP contribution in [0.2, 0.25) is 0 Å². The molecule has 0 spiro atoms. The highest BCUT2D eigenvalue weighted by Gasteiger charge is 2.23. The summed E-state index contributed by atoms with van der Waals surface area (Å²) in [5, 5.41) is 5.91. The highest BCUT2D eigenvalue weighted by molar-refractivity contribution is 5.92. The molecule has 2 aromatic rings. The van der Waals surface area contributed by atoms with Gasteiger partial charge in [-0.25, -0.2) is 0 Å². The lowest BCUT2D eigenvalue weighted by molar-refractivity contribution is 0.666. The molecule has 0 saturated heterocycles. The SMILES string of the molecule is Cn1nc(C2CCCC2)c2cccc(N)c21. The summed E-state index contributed by atoms with van der Waals surface area (Å²) in [6, 6.07) is 6.12. The zero-order chi connectivity index (χ0) is 11.1. The Balaban J connectivity index is 2.22. The Bertz CT molecular complexity index is 521. The number of nitrogens with zero attached hydrogens (tertiary/aromatic N) is 2. The van der Waals surface area contributed by atoms with Gasteiger partial charge in [-0.1, -0.05) is 25.0 Å². The second-order valence-electron chi connectivity index (χ2n) is 4.73. The van der Waals surface area contributed by atoms with Crippen molar-refractivity contribution < 1.29 is 0 Å². The van der Waals surface area contributed by atoms with Crippen LogP contribution >= 0.6 is 0 Å². The Morgan fingerprint density at radius 3 is 2.81 bits per heavy atom. The molecule has 16 heavy (non-hydrogen) atoms. The number of fused-ring (bicyclic) bond motifs is 1. The molecule has 0 atom stereocenters. The van der Waals surface area contributed by atoms with E-state index in [9.17, 15) is 0 Å². The fraction of sp³-hybridized carbons (Fsp3) is 0.462. The van der Waals surface area contributed by atoms with Gasteiger partial charge >= 0.3 is 0 Å². The van der Waals surface area contributed by atoms with Crippen molar-refractivity contribution in [2.24, 2.45) is 7.05 Å². The highest BCUT2D eigenvalue weighted by Crippen LogP contribution is 2.37. The van der Waals surface area contributed by atoms with Crippen molar-refractivity contribution >= 4 is 16.6 Å². The van der Waals surface area contributed by atoms with Gasteiger partial charge < -0.3 is 5.73 Å². The number of nitrogen functional groups attached to an aromatic ring is 1. The third kappa shape index (κ3) is 1.31. The van der Waals surface area contributed by atoms with Crippen LogP contribution in [0.3, 0.4) is 0 Å². The number of anilines is 1. The molecule has 0 aliphatic heterocycles. The lowest BCUT2D eigenvalue weighted by atomic mass is 10.0. The van der Waals surface area contributed by atoms with Crippen LogP contribution in [0.25, 0.3) is 10.9 Å². The summed E-state index contributed by atoms with van der Waals surface area (Å²) in [4.78, 5) is 0. The van der Waals surface area contributed by atoms with Gasteiger partial charge in [-0.3, -0.25) is 4.68 Å². The second-order valence-corrected chi connectivity index (χ2v) is 4.73. The van der Waals surface area contributed by atoms with Crippen LogP contribution in [-0.4, -0.2) is 9.78 Å². The maximum Gasteiger partial charge on any atom is 0.0911 e. The standard InChI is InChI=1S/C13H17N3/c1-16-13-10(7-4-8-11(13)14)12(15-16)9-5-2-3-6-9/h4,7-9H,2-3,5-6,14H2,1H3. The van der Waals surface area contributed by atoms with E-state index in [4.69, 9.17) is 5.73 Å². The number of aryl methyl sites for hydroxylation is 1. The van der Waals surface area contributed by atoms with Crippen LogP contribution in [0.1, 0.15) is 37.3 Å². The molecule has 2 N–H and O–H groups in total. The van der Waals surface area contributed by atoms with E-state index in [-0.39, 0.29) is 0 Å². The Morgan fingerprint density at radius 2 is 2.06 bits per heavy atom. The van der Waals surface area contributed by atoms with E-state index >= 15 is 0 Å². The summed E-state index contributed by atoms with van der Waals surface area (Å²) in [5.74, 6) is 0.644. The zero-order valence-corrected chi connectivity index (χ0v) is 9.61. The van der Waals surface area contributed by atoms with Crippen LogP contribution < -0.4 is 5.73 Å². The highest BCUT2D eigenvalue weighted by atomic mass is 15.3. The molecule has 1 heterocycles. The number of hydrogen-bond donors (Lipinski definition) is 1. The van der Waals surface area contributed by atoms with Crippen LogP contribution in [0.5, 0.6) is 0 Å². The second kappa shape index (κ2) is 3.51. The number of para-hydroxylation sites is 1. The molecule has 1 aromatic heterocycles. The predicted molar refractivity (Wildman–Crippen MR) is 66.3 cm³/mol. The molecule has 1 saturated carbocycles. The molecule has 84 valence electrons. The number of nitrogens with two attached hydrogens (primary N) is 1. The van der Waals surface area contributed by atoms with Gasteiger partial charge in [0.25, 0.3) is 0 Å². The third-order valence-electron chi connectivity index (χ3n) is 3.67. The van der Waals surface area contributed by atoms with Gasteiger partial charge in [0.1, 0.15) is 0 Å². The lowest BCUT2D eigenvalue weighted by Crippen LogP contribution is -1.96. The van der Waals surface area contributed by atoms with Crippen molar-refractivity contribution in [3.63, 3.8) is 0 Å². The number of benzene rings is 1. The number of aromatic nitrogens is 2. The van der Waals surface area contributed by atoms with Gasteiger partial charge in [0.05, 0.1) is 16.9 Å². The van der Waals surface area contributed by atoms with Gasteiger partial charge in [-0.05, 0) is 18.9 Å². The summed E-state index contributed by atoms with van der Waals surface area (Å²) in [5.41, 5.74) is 9.18. The maximum absolute atomic E-state index is 6.01. The fourth-order valence-electron chi connectivity index (χ4n) is 2.90. The molecule has 1 aromatic carbocycles. The Labute approximate surface area is 95.2 Å². The average Bonchev–Trinajstić information content (AvgIpc) is 2.86. The topological polar surface area (TPSA) is 43.8 Å². The Hall–Kier alpha value is -1.51. The third-order valence-corrected chi connectivity index (χ3v) is 3.67. The molecular weight excluding hydrogens is 198 g/mol. The van der Waals surface area contributed by atoms with Gasteiger partial charge in [0.2, 0.25) is 0 Å². The van der Waals surface area contributed by atoms with Crippen LogP contribution in [0, 0.1) is 0 Å². The first kappa shape index (κ1) is 9.70. The molecule has 1 fully saturated rings. The molecule has 0 unspecified atom stereocenters. The molecule has 0 amide bonds. The molecule has 1 aliphatic rings. The van der Waals surface area contributed by atoms with Crippen molar-refractivity contribution in [3.05, 3.63) is 23.9 Å². The predicted octanol–water partition coefficient (Wildman–Crippen LogP) is 2.81. The van der Waals surface area contributed by atoms with Crippen LogP contribution in [-0.2, 0) is 7.05 Å². The molecular formula is C13H17N3. The maximum atomic E-state index is 6.01. The first-order chi connectivity index (χ1) is 7.77. The van der Waals surface area contributed by atoms with E-state index in [1.54, 1.807) is 0 Å². The van der Waals surface area contributed by atoms with E-state index in [1.807, 2.05) is 23.9 Å². The smallest absolute Gasteiger partial charge is 0.0911 e. The normalized spacial score (nSPS) is 17.3. The van der Waals surface area contributed by atoms with Crippen molar-refractivity contribution in [2.75, 3.05) is 5.73 Å². The molecule has 3 nitrogen and oxygen atoms in total. The summed E-state index contributed by atoms with van der Waals surface area (Å²) < 4.78 is 1.93. The summed E-state index contributed by atoms with van der Waals surface area (Å²) in [6.45, 7) is 0. The quantitative estimate of drug-likeness (QED) is 0.743. The van der Waals surface area contributed by atoms with Gasteiger partial charge in [-0.2, -0.15) is 5.10 Å². The molecule has 1 aliphatic carbocycles. The van der Waals surface area contributed by atoms with Gasteiger partial charge in [-0.15, -0.1) is 0 Å². The van der Waals surface area contributed by atoms with Crippen LogP contribution in [0.4, 0.5) is 5.69 Å². The minimum Gasteiger partial charge on any atom is -0.397 e. The van der Waals surface area contributed by atoms with E-state index in [0.29, 0.717) is 5.92 Å². The summed E-state index contributed by atoms with van der Waals surface area (Å²) in [7, 11) is 1.98. The van der Waals surface area contributed by atoms with Gasteiger partial charge in [0, 0.05) is 18.4 Å². The molecule has 3 rings (SSSR count). The van der Waals surface area contributed by atoms with Crippen molar-refractivity contribution in [2.45, 2.75) is 31.6 Å². The Kier molecular flexibility index (Phi) is 2.13. The monoisotopic (exact) mass is 215 g/mol. The van der Waals surface area contributed by atoms with E-state index in [1.165, 1.54) is 36.8 Å². The van der Waals surface area contributed by atoms with Crippen molar-refractivity contribution in [3.8, 4) is 0 Å². The fourth-order valence-corrected chi connectivity index (χ4v) is 2.90. The lowest BCUT2D eigenvalue weighted by Gasteiger charge is -2.04. The van der Waals surface area contributed by atoms with E-state index in [2.05, 4.69) is 11.2 Å². The largest absolute Gasteiger partial charge is 0.397 e. The minimum absolute atomic E-state index is 0.644. The zero-order valence-electron chi connectivity index (χ0n) is 9.61. The number of hydrogen-bond acceptors (Lipinski definition) is 2. The van der Waals surface area contributed by atoms with Gasteiger partial charge in [0.15, 0.2) is 0 Å². The average molecular weight is 215 g/mol. The minimum atomic E-state index is 0.644. The molecule has 3 heteroatoms. The first-order valence-corrected chi connectivity index (χ1v) is 5.98. The van der Waals surface area contributed by atoms with Crippen LogP contribution in [0.15, 0.2) is 18.2 Å².